The first-order chi connectivity index (χ1) is 9.46. The van der Waals surface area contributed by atoms with E-state index in [0.717, 1.165) is 45.1 Å². The van der Waals surface area contributed by atoms with Crippen molar-refractivity contribution in [2.45, 2.75) is 46.4 Å². The topological polar surface area (TPSA) is 37.6 Å². The van der Waals surface area contributed by atoms with Crippen molar-refractivity contribution in [3.05, 3.63) is 23.7 Å². The Morgan fingerprint density at radius 3 is 2.90 bits per heavy atom. The Balaban J connectivity index is 1.88. The lowest BCUT2D eigenvalue weighted by atomic mass is 10.1. The standard InChI is InChI=1S/C16H28N2O2/c1-13(2)9-17-10-15-14(5-7-19-15)11-18-6-8-20-16(3,4)12-18/h5,7,13,17H,6,8-12H2,1-4H3. The van der Waals surface area contributed by atoms with Crippen molar-refractivity contribution in [3.8, 4) is 0 Å². The fourth-order valence-electron chi connectivity index (χ4n) is 2.63. The molecule has 0 radical (unpaired) electrons. The Morgan fingerprint density at radius 2 is 2.20 bits per heavy atom. The van der Waals surface area contributed by atoms with E-state index < -0.39 is 0 Å². The number of hydrogen-bond acceptors (Lipinski definition) is 4. The van der Waals surface area contributed by atoms with Gasteiger partial charge in [-0.05, 0) is 32.4 Å². The molecule has 1 aromatic rings. The highest BCUT2D eigenvalue weighted by atomic mass is 16.5. The van der Waals surface area contributed by atoms with Crippen molar-refractivity contribution >= 4 is 0 Å². The predicted octanol–water partition coefficient (Wildman–Crippen LogP) is 2.64. The second kappa shape index (κ2) is 6.74. The molecular formula is C16H28N2O2. The molecule has 1 aromatic heterocycles. The normalized spacial score (nSPS) is 19.6. The molecule has 2 rings (SSSR count). The van der Waals surface area contributed by atoms with Gasteiger partial charge in [-0.25, -0.2) is 0 Å². The molecule has 4 nitrogen and oxygen atoms in total. The summed E-state index contributed by atoms with van der Waals surface area (Å²) in [5, 5.41) is 3.44. The maximum Gasteiger partial charge on any atom is 0.122 e. The highest BCUT2D eigenvalue weighted by Gasteiger charge is 2.27. The molecule has 1 aliphatic rings. The molecular weight excluding hydrogens is 252 g/mol. The highest BCUT2D eigenvalue weighted by Crippen LogP contribution is 2.20. The van der Waals surface area contributed by atoms with Crippen LogP contribution in [0.25, 0.3) is 0 Å². The van der Waals surface area contributed by atoms with E-state index in [4.69, 9.17) is 9.15 Å². The smallest absolute Gasteiger partial charge is 0.122 e. The van der Waals surface area contributed by atoms with Crippen molar-refractivity contribution < 1.29 is 9.15 Å². The summed E-state index contributed by atoms with van der Waals surface area (Å²) in [5.41, 5.74) is 1.25. The third kappa shape index (κ3) is 4.62. The first-order valence-corrected chi connectivity index (χ1v) is 7.58. The molecule has 1 fully saturated rings. The van der Waals surface area contributed by atoms with Crippen LogP contribution in [0, 0.1) is 5.92 Å². The zero-order chi connectivity index (χ0) is 14.6. The minimum atomic E-state index is -0.0436. The minimum absolute atomic E-state index is 0.0436. The summed E-state index contributed by atoms with van der Waals surface area (Å²) < 4.78 is 11.4. The second-order valence-corrected chi connectivity index (χ2v) is 6.71. The van der Waals surface area contributed by atoms with Crippen LogP contribution in [0.3, 0.4) is 0 Å². The average molecular weight is 280 g/mol. The van der Waals surface area contributed by atoms with Gasteiger partial charge in [0.15, 0.2) is 0 Å². The molecule has 1 saturated heterocycles. The van der Waals surface area contributed by atoms with E-state index in [2.05, 4.69) is 44.0 Å². The summed E-state index contributed by atoms with van der Waals surface area (Å²) in [6.45, 7) is 14.3. The fourth-order valence-corrected chi connectivity index (χ4v) is 2.63. The first kappa shape index (κ1) is 15.5. The van der Waals surface area contributed by atoms with Crippen LogP contribution in [0.4, 0.5) is 0 Å². The summed E-state index contributed by atoms with van der Waals surface area (Å²) in [6.07, 6.45) is 1.80. The summed E-state index contributed by atoms with van der Waals surface area (Å²) >= 11 is 0. The summed E-state index contributed by atoms with van der Waals surface area (Å²) in [7, 11) is 0. The monoisotopic (exact) mass is 280 g/mol. The fraction of sp³-hybridized carbons (Fsp3) is 0.750. The lowest BCUT2D eigenvalue weighted by Crippen LogP contribution is -2.47. The van der Waals surface area contributed by atoms with Crippen molar-refractivity contribution in [2.24, 2.45) is 5.92 Å². The van der Waals surface area contributed by atoms with Crippen LogP contribution in [-0.4, -0.2) is 36.7 Å². The molecule has 2 heterocycles. The van der Waals surface area contributed by atoms with E-state index in [0.29, 0.717) is 5.92 Å². The van der Waals surface area contributed by atoms with Gasteiger partial charge in [-0.15, -0.1) is 0 Å². The maximum absolute atomic E-state index is 5.76. The number of rotatable bonds is 6. The Kier molecular flexibility index (Phi) is 5.24. The van der Waals surface area contributed by atoms with Crippen LogP contribution in [0.5, 0.6) is 0 Å². The van der Waals surface area contributed by atoms with Crippen LogP contribution in [-0.2, 0) is 17.8 Å². The van der Waals surface area contributed by atoms with E-state index in [1.807, 2.05) is 0 Å². The Morgan fingerprint density at radius 1 is 1.40 bits per heavy atom. The molecule has 0 aromatic carbocycles. The lowest BCUT2D eigenvalue weighted by Gasteiger charge is -2.38. The number of hydrogen-bond donors (Lipinski definition) is 1. The van der Waals surface area contributed by atoms with Gasteiger partial charge < -0.3 is 14.5 Å². The molecule has 0 spiro atoms. The maximum atomic E-state index is 5.76. The SMILES string of the molecule is CC(C)CNCc1occc1CN1CCOC(C)(C)C1. The van der Waals surface area contributed by atoms with Gasteiger partial charge in [0, 0.05) is 25.2 Å². The molecule has 0 atom stereocenters. The van der Waals surface area contributed by atoms with Gasteiger partial charge >= 0.3 is 0 Å². The van der Waals surface area contributed by atoms with Gasteiger partial charge in [-0.2, -0.15) is 0 Å². The van der Waals surface area contributed by atoms with E-state index in [9.17, 15) is 0 Å². The van der Waals surface area contributed by atoms with Crippen molar-refractivity contribution in [1.29, 1.82) is 0 Å². The van der Waals surface area contributed by atoms with E-state index in [1.165, 1.54) is 5.56 Å². The Hall–Kier alpha value is -0.840. The predicted molar refractivity (Wildman–Crippen MR) is 80.6 cm³/mol. The van der Waals surface area contributed by atoms with Gasteiger partial charge in [0.25, 0.3) is 0 Å². The molecule has 0 saturated carbocycles. The number of ether oxygens (including phenoxy) is 1. The molecule has 0 aliphatic carbocycles. The number of morpholine rings is 1. The molecule has 1 aliphatic heterocycles. The third-order valence-corrected chi connectivity index (χ3v) is 3.57. The lowest BCUT2D eigenvalue weighted by molar-refractivity contribution is -0.0883. The quantitative estimate of drug-likeness (QED) is 0.869. The van der Waals surface area contributed by atoms with Gasteiger partial charge in [0.2, 0.25) is 0 Å². The van der Waals surface area contributed by atoms with E-state index in [-0.39, 0.29) is 5.60 Å². The minimum Gasteiger partial charge on any atom is -0.468 e. The molecule has 0 bridgehead atoms. The van der Waals surface area contributed by atoms with Gasteiger partial charge in [0.1, 0.15) is 5.76 Å². The molecule has 0 amide bonds. The summed E-state index contributed by atoms with van der Waals surface area (Å²) in [5.74, 6) is 1.73. The van der Waals surface area contributed by atoms with Crippen molar-refractivity contribution in [2.75, 3.05) is 26.2 Å². The third-order valence-electron chi connectivity index (χ3n) is 3.57. The molecule has 114 valence electrons. The van der Waals surface area contributed by atoms with E-state index >= 15 is 0 Å². The molecule has 1 N–H and O–H groups in total. The second-order valence-electron chi connectivity index (χ2n) is 6.71. The van der Waals surface area contributed by atoms with Crippen LogP contribution >= 0.6 is 0 Å². The zero-order valence-corrected chi connectivity index (χ0v) is 13.2. The van der Waals surface area contributed by atoms with Crippen LogP contribution in [0.1, 0.15) is 39.0 Å². The average Bonchev–Trinajstić information content (AvgIpc) is 2.75. The molecule has 4 heteroatoms. The van der Waals surface area contributed by atoms with Gasteiger partial charge in [0.05, 0.1) is 25.0 Å². The summed E-state index contributed by atoms with van der Waals surface area (Å²) in [4.78, 5) is 2.44. The van der Waals surface area contributed by atoms with Crippen molar-refractivity contribution in [3.63, 3.8) is 0 Å². The Labute approximate surface area is 122 Å². The van der Waals surface area contributed by atoms with Crippen LogP contribution in [0.15, 0.2) is 16.7 Å². The molecule has 0 unspecified atom stereocenters. The van der Waals surface area contributed by atoms with E-state index in [1.54, 1.807) is 6.26 Å². The van der Waals surface area contributed by atoms with Gasteiger partial charge in [-0.1, -0.05) is 13.8 Å². The highest BCUT2D eigenvalue weighted by molar-refractivity contribution is 5.17. The van der Waals surface area contributed by atoms with Crippen LogP contribution < -0.4 is 5.32 Å². The Bertz CT molecular complexity index is 412. The first-order valence-electron chi connectivity index (χ1n) is 7.58. The number of furan rings is 1. The van der Waals surface area contributed by atoms with Gasteiger partial charge in [-0.3, -0.25) is 4.90 Å². The zero-order valence-electron chi connectivity index (χ0n) is 13.2. The largest absolute Gasteiger partial charge is 0.468 e. The summed E-state index contributed by atoms with van der Waals surface area (Å²) in [6, 6.07) is 2.09. The molecule has 20 heavy (non-hydrogen) atoms. The number of nitrogens with zero attached hydrogens (tertiary/aromatic N) is 1. The number of nitrogens with one attached hydrogen (secondary N) is 1. The van der Waals surface area contributed by atoms with Crippen molar-refractivity contribution in [1.82, 2.24) is 10.2 Å². The van der Waals surface area contributed by atoms with Crippen LogP contribution in [0.2, 0.25) is 0 Å².